The number of hydrogen-bond acceptors (Lipinski definition) is 2. The first-order valence-corrected chi connectivity index (χ1v) is 4.76. The monoisotopic (exact) mass is 178 g/mol. The lowest BCUT2D eigenvalue weighted by atomic mass is 9.82. The standard InChI is InChI=1S/C11H14O2/c1-8(12)13-7-11-9-3-2-4-10(11)6-5-9/h2-3,5-6,9-11H,4,7H2,1H3. The van der Waals surface area contributed by atoms with Crippen LogP contribution >= 0.6 is 0 Å². The van der Waals surface area contributed by atoms with Crippen molar-refractivity contribution in [2.24, 2.45) is 17.8 Å². The highest BCUT2D eigenvalue weighted by atomic mass is 16.5. The maximum Gasteiger partial charge on any atom is 0.302 e. The summed E-state index contributed by atoms with van der Waals surface area (Å²) < 4.78 is 5.05. The molecule has 2 nitrogen and oxygen atoms in total. The third-order valence-corrected chi connectivity index (χ3v) is 2.87. The second-order valence-electron chi connectivity index (χ2n) is 3.76. The van der Waals surface area contributed by atoms with Gasteiger partial charge in [-0.1, -0.05) is 24.3 Å². The first-order valence-electron chi connectivity index (χ1n) is 4.76. The summed E-state index contributed by atoms with van der Waals surface area (Å²) in [6, 6.07) is 0. The summed E-state index contributed by atoms with van der Waals surface area (Å²) >= 11 is 0. The van der Waals surface area contributed by atoms with E-state index in [1.54, 1.807) is 0 Å². The second kappa shape index (κ2) is 3.36. The highest BCUT2D eigenvalue weighted by Gasteiger charge is 2.32. The molecular weight excluding hydrogens is 164 g/mol. The summed E-state index contributed by atoms with van der Waals surface area (Å²) in [6.07, 6.45) is 10.0. The maximum absolute atomic E-state index is 10.7. The Hall–Kier alpha value is -1.05. The highest BCUT2D eigenvalue weighted by molar-refractivity contribution is 5.65. The minimum atomic E-state index is -0.172. The Morgan fingerprint density at radius 1 is 1.46 bits per heavy atom. The van der Waals surface area contributed by atoms with Crippen molar-refractivity contribution in [2.75, 3.05) is 6.61 Å². The molecule has 2 heteroatoms. The van der Waals surface area contributed by atoms with Crippen LogP contribution in [-0.4, -0.2) is 12.6 Å². The molecule has 3 atom stereocenters. The van der Waals surface area contributed by atoms with E-state index in [4.69, 9.17) is 4.74 Å². The Morgan fingerprint density at radius 3 is 3.00 bits per heavy atom. The SMILES string of the molecule is CC(=O)OCC1C2C=CCC1C=C2. The Morgan fingerprint density at radius 2 is 2.31 bits per heavy atom. The predicted molar refractivity (Wildman–Crippen MR) is 50.0 cm³/mol. The summed E-state index contributed by atoms with van der Waals surface area (Å²) in [7, 11) is 0. The fourth-order valence-corrected chi connectivity index (χ4v) is 2.14. The van der Waals surface area contributed by atoms with E-state index in [1.165, 1.54) is 6.92 Å². The van der Waals surface area contributed by atoms with Crippen LogP contribution in [0.5, 0.6) is 0 Å². The van der Waals surface area contributed by atoms with E-state index in [1.807, 2.05) is 0 Å². The van der Waals surface area contributed by atoms with Crippen molar-refractivity contribution < 1.29 is 9.53 Å². The molecule has 2 aliphatic rings. The minimum absolute atomic E-state index is 0.172. The van der Waals surface area contributed by atoms with Crippen molar-refractivity contribution in [3.63, 3.8) is 0 Å². The average molecular weight is 178 g/mol. The molecule has 0 N–H and O–H groups in total. The van der Waals surface area contributed by atoms with Crippen molar-refractivity contribution in [2.45, 2.75) is 13.3 Å². The molecule has 0 aromatic carbocycles. The Labute approximate surface area is 78.3 Å². The van der Waals surface area contributed by atoms with Gasteiger partial charge in [-0.3, -0.25) is 4.79 Å². The Bertz CT molecular complexity index is 263. The van der Waals surface area contributed by atoms with Crippen LogP contribution in [0.25, 0.3) is 0 Å². The zero-order valence-corrected chi connectivity index (χ0v) is 7.77. The van der Waals surface area contributed by atoms with Crippen LogP contribution in [0.1, 0.15) is 13.3 Å². The molecular formula is C11H14O2. The van der Waals surface area contributed by atoms with E-state index in [0.717, 1.165) is 6.42 Å². The molecule has 0 spiro atoms. The van der Waals surface area contributed by atoms with Gasteiger partial charge < -0.3 is 4.74 Å². The number of fused-ring (bicyclic) bond motifs is 2. The van der Waals surface area contributed by atoms with Gasteiger partial charge in [0.1, 0.15) is 0 Å². The molecule has 13 heavy (non-hydrogen) atoms. The quantitative estimate of drug-likeness (QED) is 0.477. The van der Waals surface area contributed by atoms with Gasteiger partial charge in [0.05, 0.1) is 6.61 Å². The molecule has 0 saturated heterocycles. The minimum Gasteiger partial charge on any atom is -0.466 e. The molecule has 3 unspecified atom stereocenters. The van der Waals surface area contributed by atoms with Gasteiger partial charge in [-0.25, -0.2) is 0 Å². The molecule has 2 aliphatic carbocycles. The summed E-state index contributed by atoms with van der Waals surface area (Å²) in [5.41, 5.74) is 0. The molecule has 0 amide bonds. The number of allylic oxidation sites excluding steroid dienone is 4. The van der Waals surface area contributed by atoms with E-state index >= 15 is 0 Å². The molecule has 0 radical (unpaired) electrons. The van der Waals surface area contributed by atoms with Crippen molar-refractivity contribution in [3.05, 3.63) is 24.3 Å². The van der Waals surface area contributed by atoms with Gasteiger partial charge in [0.2, 0.25) is 0 Å². The van der Waals surface area contributed by atoms with E-state index in [-0.39, 0.29) is 5.97 Å². The Kier molecular flexibility index (Phi) is 2.21. The first-order chi connectivity index (χ1) is 6.27. The number of hydrogen-bond donors (Lipinski definition) is 0. The molecule has 2 bridgehead atoms. The van der Waals surface area contributed by atoms with Crippen LogP contribution in [0, 0.1) is 17.8 Å². The lowest BCUT2D eigenvalue weighted by molar-refractivity contribution is -0.142. The molecule has 0 fully saturated rings. The van der Waals surface area contributed by atoms with Crippen LogP contribution in [-0.2, 0) is 9.53 Å². The van der Waals surface area contributed by atoms with Crippen LogP contribution in [0.15, 0.2) is 24.3 Å². The van der Waals surface area contributed by atoms with E-state index < -0.39 is 0 Å². The molecule has 2 rings (SSSR count). The number of carbonyl (C=O) groups excluding carboxylic acids is 1. The van der Waals surface area contributed by atoms with Gasteiger partial charge in [0.15, 0.2) is 0 Å². The molecule has 0 aliphatic heterocycles. The summed E-state index contributed by atoms with van der Waals surface area (Å²) in [5.74, 6) is 1.41. The average Bonchev–Trinajstić information content (AvgIpc) is 2.34. The smallest absolute Gasteiger partial charge is 0.302 e. The fourth-order valence-electron chi connectivity index (χ4n) is 2.14. The number of rotatable bonds is 2. The maximum atomic E-state index is 10.7. The molecule has 0 aromatic heterocycles. The lowest BCUT2D eigenvalue weighted by Gasteiger charge is -2.25. The van der Waals surface area contributed by atoms with Gasteiger partial charge in [0, 0.05) is 18.8 Å². The van der Waals surface area contributed by atoms with E-state index in [9.17, 15) is 4.79 Å². The summed E-state index contributed by atoms with van der Waals surface area (Å²) in [5, 5.41) is 0. The van der Waals surface area contributed by atoms with Gasteiger partial charge in [-0.05, 0) is 12.3 Å². The summed E-state index contributed by atoms with van der Waals surface area (Å²) in [6.45, 7) is 2.04. The molecule has 0 aromatic rings. The number of esters is 1. The summed E-state index contributed by atoms with van der Waals surface area (Å²) in [4.78, 5) is 10.7. The zero-order chi connectivity index (χ0) is 9.26. The third-order valence-electron chi connectivity index (χ3n) is 2.87. The largest absolute Gasteiger partial charge is 0.466 e. The van der Waals surface area contributed by atoms with Crippen molar-refractivity contribution >= 4 is 5.97 Å². The molecule has 0 saturated carbocycles. The first kappa shape index (κ1) is 8.54. The van der Waals surface area contributed by atoms with E-state index in [2.05, 4.69) is 24.3 Å². The number of ether oxygens (including phenoxy) is 1. The van der Waals surface area contributed by atoms with Gasteiger partial charge in [-0.15, -0.1) is 0 Å². The topological polar surface area (TPSA) is 26.3 Å². The van der Waals surface area contributed by atoms with Crippen molar-refractivity contribution in [1.29, 1.82) is 0 Å². The predicted octanol–water partition coefficient (Wildman–Crippen LogP) is 1.93. The van der Waals surface area contributed by atoms with Crippen LogP contribution in [0.2, 0.25) is 0 Å². The van der Waals surface area contributed by atoms with Crippen molar-refractivity contribution in [1.82, 2.24) is 0 Å². The number of carbonyl (C=O) groups is 1. The highest BCUT2D eigenvalue weighted by Crippen LogP contribution is 2.38. The third kappa shape index (κ3) is 1.67. The van der Waals surface area contributed by atoms with Gasteiger partial charge in [0.25, 0.3) is 0 Å². The Balaban J connectivity index is 1.95. The zero-order valence-electron chi connectivity index (χ0n) is 7.77. The normalized spacial score (nSPS) is 35.0. The second-order valence-corrected chi connectivity index (χ2v) is 3.76. The van der Waals surface area contributed by atoms with Crippen LogP contribution < -0.4 is 0 Å². The molecule has 0 heterocycles. The van der Waals surface area contributed by atoms with Crippen LogP contribution in [0.3, 0.4) is 0 Å². The van der Waals surface area contributed by atoms with Crippen molar-refractivity contribution in [3.8, 4) is 0 Å². The van der Waals surface area contributed by atoms with Gasteiger partial charge >= 0.3 is 5.97 Å². The van der Waals surface area contributed by atoms with Gasteiger partial charge in [-0.2, -0.15) is 0 Å². The lowest BCUT2D eigenvalue weighted by Crippen LogP contribution is -2.24. The van der Waals surface area contributed by atoms with Crippen LogP contribution in [0.4, 0.5) is 0 Å². The fraction of sp³-hybridized carbons (Fsp3) is 0.545. The van der Waals surface area contributed by atoms with E-state index in [0.29, 0.717) is 24.4 Å². The molecule has 70 valence electrons.